The van der Waals surface area contributed by atoms with E-state index in [1.807, 2.05) is 25.1 Å². The lowest BCUT2D eigenvalue weighted by molar-refractivity contribution is -0.118. The van der Waals surface area contributed by atoms with E-state index in [0.717, 1.165) is 0 Å². The number of hydrogen-bond donors (Lipinski definition) is 3. The number of carbonyl (C=O) groups excluding carboxylic acids is 2. The number of amides is 2. The van der Waals surface area contributed by atoms with E-state index in [-0.39, 0.29) is 23.5 Å². The van der Waals surface area contributed by atoms with Gasteiger partial charge in [0.25, 0.3) is 11.8 Å². The number of thiocarbonyl (C=S) groups is 1. The zero-order valence-corrected chi connectivity index (χ0v) is 20.2. The predicted molar refractivity (Wildman–Crippen MR) is 136 cm³/mol. The van der Waals surface area contributed by atoms with Crippen LogP contribution in [0.3, 0.4) is 0 Å². The third kappa shape index (κ3) is 7.58. The van der Waals surface area contributed by atoms with Crippen LogP contribution in [-0.2, 0) is 4.79 Å². The van der Waals surface area contributed by atoms with Gasteiger partial charge in [-0.25, -0.2) is 0 Å². The molecule has 0 unspecified atom stereocenters. The van der Waals surface area contributed by atoms with Crippen LogP contribution in [0.2, 0.25) is 0 Å². The number of halogens is 1. The lowest BCUT2D eigenvalue weighted by atomic mass is 10.2. The smallest absolute Gasteiger partial charge is 0.262 e. The molecule has 0 fully saturated rings. The maximum absolute atomic E-state index is 12.5. The molecular weight excluding hydrogens is 506 g/mol. The maximum atomic E-state index is 12.5. The highest BCUT2D eigenvalue weighted by molar-refractivity contribution is 9.10. The zero-order chi connectivity index (χ0) is 23.6. The summed E-state index contributed by atoms with van der Waals surface area (Å²) in [5.41, 5.74) is 1.59. The average Bonchev–Trinajstić information content (AvgIpc) is 2.80. The van der Waals surface area contributed by atoms with Crippen LogP contribution in [0.4, 0.5) is 11.4 Å². The van der Waals surface area contributed by atoms with Crippen molar-refractivity contribution in [2.75, 3.05) is 23.8 Å². The Labute approximate surface area is 205 Å². The van der Waals surface area contributed by atoms with Gasteiger partial charge < -0.3 is 20.1 Å². The van der Waals surface area contributed by atoms with Gasteiger partial charge in [-0.3, -0.25) is 14.9 Å². The van der Waals surface area contributed by atoms with Crippen LogP contribution in [-0.4, -0.2) is 30.1 Å². The molecule has 0 aliphatic rings. The third-order valence-corrected chi connectivity index (χ3v) is 5.06. The summed E-state index contributed by atoms with van der Waals surface area (Å²) < 4.78 is 11.6. The second kappa shape index (κ2) is 12.0. The lowest BCUT2D eigenvalue weighted by Crippen LogP contribution is -2.34. The summed E-state index contributed by atoms with van der Waals surface area (Å²) in [5, 5.41) is 8.46. The third-order valence-electron chi connectivity index (χ3n) is 4.24. The Balaban J connectivity index is 1.52. The molecule has 33 heavy (non-hydrogen) atoms. The highest BCUT2D eigenvalue weighted by Crippen LogP contribution is 2.26. The number of carbonyl (C=O) groups is 2. The monoisotopic (exact) mass is 527 g/mol. The number of ether oxygens (including phenoxy) is 2. The molecule has 3 rings (SSSR count). The molecule has 3 aromatic rings. The topological polar surface area (TPSA) is 88.7 Å². The van der Waals surface area contributed by atoms with Crippen molar-refractivity contribution in [2.24, 2.45) is 0 Å². The van der Waals surface area contributed by atoms with Crippen molar-refractivity contribution in [1.82, 2.24) is 5.32 Å². The summed E-state index contributed by atoms with van der Waals surface area (Å²) in [6, 6.07) is 21.1. The van der Waals surface area contributed by atoms with Crippen molar-refractivity contribution in [3.63, 3.8) is 0 Å². The van der Waals surface area contributed by atoms with Gasteiger partial charge >= 0.3 is 0 Å². The predicted octanol–water partition coefficient (Wildman–Crippen LogP) is 4.99. The Hall–Kier alpha value is -3.43. The molecule has 9 heteroatoms. The molecule has 0 aliphatic carbocycles. The van der Waals surface area contributed by atoms with Crippen LogP contribution < -0.4 is 25.4 Å². The van der Waals surface area contributed by atoms with E-state index in [0.29, 0.717) is 39.5 Å². The average molecular weight is 528 g/mol. The molecular formula is C24H22BrN3O4S. The minimum atomic E-state index is -0.362. The first-order valence-corrected chi connectivity index (χ1v) is 11.3. The van der Waals surface area contributed by atoms with Crippen LogP contribution in [0.15, 0.2) is 77.3 Å². The quantitative estimate of drug-likeness (QED) is 0.357. The van der Waals surface area contributed by atoms with E-state index in [4.69, 9.17) is 21.7 Å². The second-order valence-electron chi connectivity index (χ2n) is 6.72. The van der Waals surface area contributed by atoms with Gasteiger partial charge in [0.1, 0.15) is 11.5 Å². The number of hydrogen-bond acceptors (Lipinski definition) is 5. The fraction of sp³-hybridized carbons (Fsp3) is 0.125. The maximum Gasteiger partial charge on any atom is 0.262 e. The van der Waals surface area contributed by atoms with Crippen LogP contribution in [0.5, 0.6) is 11.5 Å². The number of rotatable bonds is 8. The van der Waals surface area contributed by atoms with Crippen molar-refractivity contribution in [1.29, 1.82) is 0 Å². The fourth-order valence-electron chi connectivity index (χ4n) is 2.79. The SMILES string of the molecule is CCOc1ccc(C(=O)NC(=S)Nc2cccc(NC(=O)COc3ccccc3)c2)cc1Br. The van der Waals surface area contributed by atoms with Gasteiger partial charge in [0.2, 0.25) is 0 Å². The van der Waals surface area contributed by atoms with Gasteiger partial charge in [-0.05, 0) is 83.6 Å². The van der Waals surface area contributed by atoms with Gasteiger partial charge in [-0.2, -0.15) is 0 Å². The van der Waals surface area contributed by atoms with Crippen molar-refractivity contribution in [3.05, 3.63) is 82.8 Å². The van der Waals surface area contributed by atoms with E-state index in [1.165, 1.54) is 0 Å². The number of anilines is 2. The molecule has 3 N–H and O–H groups in total. The van der Waals surface area contributed by atoms with E-state index < -0.39 is 0 Å². The number of benzene rings is 3. The molecule has 0 atom stereocenters. The number of nitrogens with one attached hydrogen (secondary N) is 3. The summed E-state index contributed by atoms with van der Waals surface area (Å²) >= 11 is 8.64. The molecule has 0 aromatic heterocycles. The molecule has 2 amide bonds. The van der Waals surface area contributed by atoms with E-state index in [1.54, 1.807) is 54.6 Å². The standard InChI is InChI=1S/C24H22BrN3O4S/c1-2-31-21-12-11-16(13-20(21)25)23(30)28-24(33)27-18-8-6-7-17(14-18)26-22(29)15-32-19-9-4-3-5-10-19/h3-14H,2,15H2,1H3,(H,26,29)(H2,27,28,30,33). The minimum absolute atomic E-state index is 0.117. The molecule has 170 valence electrons. The van der Waals surface area contributed by atoms with E-state index in [2.05, 4.69) is 31.9 Å². The number of para-hydroxylation sites is 1. The zero-order valence-electron chi connectivity index (χ0n) is 17.8. The summed E-state index contributed by atoms with van der Waals surface area (Å²) in [6.45, 7) is 2.29. The van der Waals surface area contributed by atoms with E-state index in [9.17, 15) is 9.59 Å². The fourth-order valence-corrected chi connectivity index (χ4v) is 3.49. The Kier molecular flexibility index (Phi) is 8.79. The Morgan fingerprint density at radius 3 is 2.33 bits per heavy atom. The molecule has 0 heterocycles. The van der Waals surface area contributed by atoms with Gasteiger partial charge in [0.15, 0.2) is 11.7 Å². The molecule has 0 spiro atoms. The molecule has 0 aliphatic heterocycles. The van der Waals surface area contributed by atoms with Gasteiger partial charge in [-0.1, -0.05) is 24.3 Å². The van der Waals surface area contributed by atoms with E-state index >= 15 is 0 Å². The van der Waals surface area contributed by atoms with Crippen molar-refractivity contribution in [3.8, 4) is 11.5 Å². The first-order chi connectivity index (χ1) is 15.9. The second-order valence-corrected chi connectivity index (χ2v) is 7.98. The molecule has 3 aromatic carbocycles. The largest absolute Gasteiger partial charge is 0.493 e. The Morgan fingerprint density at radius 1 is 0.909 bits per heavy atom. The van der Waals surface area contributed by atoms with Crippen LogP contribution in [0.25, 0.3) is 0 Å². The Morgan fingerprint density at radius 2 is 1.64 bits per heavy atom. The van der Waals surface area contributed by atoms with Crippen LogP contribution in [0.1, 0.15) is 17.3 Å². The van der Waals surface area contributed by atoms with Crippen LogP contribution in [0, 0.1) is 0 Å². The minimum Gasteiger partial charge on any atom is -0.493 e. The first kappa shape index (κ1) is 24.2. The lowest BCUT2D eigenvalue weighted by Gasteiger charge is -2.12. The van der Waals surface area contributed by atoms with Crippen molar-refractivity contribution in [2.45, 2.75) is 6.92 Å². The highest BCUT2D eigenvalue weighted by Gasteiger charge is 2.11. The molecule has 0 bridgehead atoms. The Bertz CT molecular complexity index is 1140. The van der Waals surface area contributed by atoms with Gasteiger partial charge in [0.05, 0.1) is 11.1 Å². The normalized spacial score (nSPS) is 10.1. The molecule has 0 saturated carbocycles. The summed E-state index contributed by atoms with van der Waals surface area (Å²) in [7, 11) is 0. The summed E-state index contributed by atoms with van der Waals surface area (Å²) in [4.78, 5) is 24.7. The van der Waals surface area contributed by atoms with Crippen molar-refractivity contribution >= 4 is 56.4 Å². The molecule has 0 radical (unpaired) electrons. The van der Waals surface area contributed by atoms with Gasteiger partial charge in [0, 0.05) is 16.9 Å². The summed E-state index contributed by atoms with van der Waals surface area (Å²) in [5.74, 6) is 0.609. The van der Waals surface area contributed by atoms with Crippen LogP contribution >= 0.6 is 28.1 Å². The summed E-state index contributed by atoms with van der Waals surface area (Å²) in [6.07, 6.45) is 0. The first-order valence-electron chi connectivity index (χ1n) is 10.1. The van der Waals surface area contributed by atoms with Gasteiger partial charge in [-0.15, -0.1) is 0 Å². The molecule has 7 nitrogen and oxygen atoms in total. The highest BCUT2D eigenvalue weighted by atomic mass is 79.9. The van der Waals surface area contributed by atoms with Crippen molar-refractivity contribution < 1.29 is 19.1 Å². The molecule has 0 saturated heterocycles.